The zero-order chi connectivity index (χ0) is 16.0. The monoisotopic (exact) mass is 334 g/mol. The lowest BCUT2D eigenvalue weighted by Crippen LogP contribution is -2.43. The first-order valence-electron chi connectivity index (χ1n) is 6.60. The summed E-state index contributed by atoms with van der Waals surface area (Å²) in [5, 5.41) is 0. The number of ether oxygens (including phenoxy) is 1. The van der Waals surface area contributed by atoms with Gasteiger partial charge in [0.1, 0.15) is 0 Å². The Bertz CT molecular complexity index is 568. The zero-order valence-electron chi connectivity index (χ0n) is 12.8. The summed E-state index contributed by atoms with van der Waals surface area (Å²) in [7, 11) is -0.881. The fourth-order valence-electron chi connectivity index (χ4n) is 1.75. The average Bonchev–Trinajstić information content (AvgIpc) is 2.79. The van der Waals surface area contributed by atoms with Crippen molar-refractivity contribution in [3.63, 3.8) is 0 Å². The minimum absolute atomic E-state index is 0.0341. The van der Waals surface area contributed by atoms with Gasteiger partial charge in [0, 0.05) is 29.4 Å². The number of aryl methyl sites for hydroxylation is 1. The van der Waals surface area contributed by atoms with Crippen molar-refractivity contribution in [1.29, 1.82) is 0 Å². The van der Waals surface area contributed by atoms with Crippen LogP contribution in [0, 0.1) is 6.92 Å². The van der Waals surface area contributed by atoms with E-state index in [9.17, 15) is 13.2 Å². The van der Waals surface area contributed by atoms with Gasteiger partial charge < -0.3 is 4.74 Å². The van der Waals surface area contributed by atoms with Crippen LogP contribution < -0.4 is 4.72 Å². The van der Waals surface area contributed by atoms with Crippen molar-refractivity contribution in [3.8, 4) is 0 Å². The van der Waals surface area contributed by atoms with Crippen molar-refractivity contribution >= 4 is 27.5 Å². The van der Waals surface area contributed by atoms with Crippen molar-refractivity contribution in [2.24, 2.45) is 0 Å². The number of nitrogens with one attached hydrogen (secondary N) is 1. The molecule has 6 nitrogen and oxygen atoms in total. The fourth-order valence-corrected chi connectivity index (χ4v) is 3.88. The standard InChI is InChI=1S/C13H22N2O4S2/c1-10(9-12-6-5-11(2)20-12)14-21(17,18)15(3)8-7-13(16)19-4/h5-6,10,14H,7-9H2,1-4H3. The van der Waals surface area contributed by atoms with Gasteiger partial charge in [0.2, 0.25) is 0 Å². The molecule has 1 unspecified atom stereocenters. The number of carbonyl (C=O) groups is 1. The molecule has 21 heavy (non-hydrogen) atoms. The molecule has 1 N–H and O–H groups in total. The van der Waals surface area contributed by atoms with Gasteiger partial charge in [-0.3, -0.25) is 4.79 Å². The summed E-state index contributed by atoms with van der Waals surface area (Å²) in [5.41, 5.74) is 0. The molecule has 1 aromatic rings. The second kappa shape index (κ2) is 7.88. The van der Waals surface area contributed by atoms with E-state index in [1.165, 1.54) is 19.0 Å². The third kappa shape index (κ3) is 6.13. The van der Waals surface area contributed by atoms with Gasteiger partial charge >= 0.3 is 5.97 Å². The van der Waals surface area contributed by atoms with Crippen molar-refractivity contribution in [2.75, 3.05) is 20.7 Å². The molecule has 0 radical (unpaired) electrons. The van der Waals surface area contributed by atoms with Crippen LogP contribution in [0.25, 0.3) is 0 Å². The van der Waals surface area contributed by atoms with E-state index in [1.807, 2.05) is 26.0 Å². The summed E-state index contributed by atoms with van der Waals surface area (Å²) >= 11 is 1.66. The molecule has 1 aromatic heterocycles. The Kier molecular flexibility index (Phi) is 6.79. The van der Waals surface area contributed by atoms with E-state index in [4.69, 9.17) is 0 Å². The molecule has 0 aliphatic carbocycles. The van der Waals surface area contributed by atoms with Crippen molar-refractivity contribution in [3.05, 3.63) is 21.9 Å². The Balaban J connectivity index is 2.52. The van der Waals surface area contributed by atoms with E-state index in [2.05, 4.69) is 9.46 Å². The SMILES string of the molecule is COC(=O)CCN(C)S(=O)(=O)NC(C)Cc1ccc(C)s1. The number of hydrogen-bond donors (Lipinski definition) is 1. The Morgan fingerprint density at radius 1 is 1.48 bits per heavy atom. The van der Waals surface area contributed by atoms with E-state index >= 15 is 0 Å². The van der Waals surface area contributed by atoms with Crippen molar-refractivity contribution < 1.29 is 17.9 Å². The van der Waals surface area contributed by atoms with E-state index in [0.717, 1.165) is 9.18 Å². The lowest BCUT2D eigenvalue weighted by Gasteiger charge is -2.20. The Labute approximate surface area is 130 Å². The smallest absolute Gasteiger partial charge is 0.306 e. The predicted octanol–water partition coefficient (Wildman–Crippen LogP) is 1.32. The summed E-state index contributed by atoms with van der Waals surface area (Å²) in [6.07, 6.45) is 0.676. The number of rotatable bonds is 8. The summed E-state index contributed by atoms with van der Waals surface area (Å²) < 4.78 is 32.4. The zero-order valence-corrected chi connectivity index (χ0v) is 14.4. The maximum atomic E-state index is 12.1. The van der Waals surface area contributed by atoms with Crippen LogP contribution in [0.1, 0.15) is 23.1 Å². The molecule has 0 aliphatic rings. The molecule has 0 spiro atoms. The molecule has 0 fully saturated rings. The largest absolute Gasteiger partial charge is 0.469 e. The minimum Gasteiger partial charge on any atom is -0.469 e. The fraction of sp³-hybridized carbons (Fsp3) is 0.615. The summed E-state index contributed by atoms with van der Waals surface area (Å²) in [5.74, 6) is -0.431. The molecule has 0 aliphatic heterocycles. The topological polar surface area (TPSA) is 75.7 Å². The first-order valence-corrected chi connectivity index (χ1v) is 8.86. The third-order valence-electron chi connectivity index (χ3n) is 2.92. The molecular formula is C13H22N2O4S2. The van der Waals surface area contributed by atoms with Gasteiger partial charge in [-0.25, -0.2) is 0 Å². The minimum atomic E-state index is -3.60. The van der Waals surface area contributed by atoms with Gasteiger partial charge in [0.05, 0.1) is 13.5 Å². The number of esters is 1. The van der Waals surface area contributed by atoms with E-state index in [1.54, 1.807) is 11.3 Å². The number of nitrogens with zero attached hydrogens (tertiary/aromatic N) is 1. The summed E-state index contributed by atoms with van der Waals surface area (Å²) in [6.45, 7) is 3.93. The maximum absolute atomic E-state index is 12.1. The van der Waals surface area contributed by atoms with Crippen LogP contribution in [0.5, 0.6) is 0 Å². The molecule has 120 valence electrons. The number of hydrogen-bond acceptors (Lipinski definition) is 5. The Hall–Kier alpha value is -0.960. The first kappa shape index (κ1) is 18.1. The highest BCUT2D eigenvalue weighted by atomic mass is 32.2. The molecule has 1 atom stereocenters. The lowest BCUT2D eigenvalue weighted by atomic mass is 10.2. The van der Waals surface area contributed by atoms with Crippen LogP contribution in [0.4, 0.5) is 0 Å². The molecule has 0 bridgehead atoms. The van der Waals surface area contributed by atoms with E-state index in [0.29, 0.717) is 6.42 Å². The number of carbonyl (C=O) groups excluding carboxylic acids is 1. The number of thiophene rings is 1. The van der Waals surface area contributed by atoms with Gasteiger partial charge in [0.15, 0.2) is 0 Å². The van der Waals surface area contributed by atoms with Gasteiger partial charge in [-0.2, -0.15) is 17.4 Å². The maximum Gasteiger partial charge on any atom is 0.306 e. The number of methoxy groups -OCH3 is 1. The summed E-state index contributed by atoms with van der Waals surface area (Å²) in [4.78, 5) is 13.4. The van der Waals surface area contributed by atoms with Crippen LogP contribution in [0.2, 0.25) is 0 Å². The highest BCUT2D eigenvalue weighted by Gasteiger charge is 2.21. The van der Waals surface area contributed by atoms with Crippen LogP contribution in [-0.2, 0) is 26.2 Å². The van der Waals surface area contributed by atoms with Crippen LogP contribution in [0.3, 0.4) is 0 Å². The molecule has 0 amide bonds. The predicted molar refractivity (Wildman–Crippen MR) is 83.5 cm³/mol. The highest BCUT2D eigenvalue weighted by Crippen LogP contribution is 2.17. The molecule has 8 heteroatoms. The second-order valence-corrected chi connectivity index (χ2v) is 8.07. The van der Waals surface area contributed by atoms with Gasteiger partial charge in [-0.1, -0.05) is 0 Å². The van der Waals surface area contributed by atoms with Crippen molar-refractivity contribution in [2.45, 2.75) is 32.7 Å². The van der Waals surface area contributed by atoms with Gasteiger partial charge in [0.25, 0.3) is 10.2 Å². The average molecular weight is 334 g/mol. The van der Waals surface area contributed by atoms with Gasteiger partial charge in [-0.05, 0) is 32.4 Å². The molecule has 0 saturated carbocycles. The van der Waals surface area contributed by atoms with Crippen molar-refractivity contribution in [1.82, 2.24) is 9.03 Å². The molecular weight excluding hydrogens is 312 g/mol. The molecule has 1 heterocycles. The Morgan fingerprint density at radius 3 is 2.67 bits per heavy atom. The molecule has 0 saturated heterocycles. The van der Waals surface area contributed by atoms with E-state index in [-0.39, 0.29) is 19.0 Å². The summed E-state index contributed by atoms with van der Waals surface area (Å²) in [6, 6.07) is 3.81. The van der Waals surface area contributed by atoms with Crippen LogP contribution >= 0.6 is 11.3 Å². The molecule has 0 aromatic carbocycles. The van der Waals surface area contributed by atoms with Crippen LogP contribution in [-0.4, -0.2) is 45.4 Å². The van der Waals surface area contributed by atoms with Crippen LogP contribution in [0.15, 0.2) is 12.1 Å². The lowest BCUT2D eigenvalue weighted by molar-refractivity contribution is -0.140. The third-order valence-corrected chi connectivity index (χ3v) is 5.65. The van der Waals surface area contributed by atoms with E-state index < -0.39 is 16.2 Å². The molecule has 1 rings (SSSR count). The normalized spacial score (nSPS) is 13.4. The second-order valence-electron chi connectivity index (χ2n) is 4.89. The Morgan fingerprint density at radius 2 is 2.14 bits per heavy atom. The van der Waals surface area contributed by atoms with Gasteiger partial charge in [-0.15, -0.1) is 11.3 Å². The highest BCUT2D eigenvalue weighted by molar-refractivity contribution is 7.87. The quantitative estimate of drug-likeness (QED) is 0.728. The first-order chi connectivity index (χ1) is 9.74.